The lowest BCUT2D eigenvalue weighted by Crippen LogP contribution is -2.35. The summed E-state index contributed by atoms with van der Waals surface area (Å²) in [6.45, 7) is 13.6. The number of hydrogen-bond donors (Lipinski definition) is 0. The van der Waals surface area contributed by atoms with Gasteiger partial charge in [-0.25, -0.2) is 0 Å². The molecule has 0 radical (unpaired) electrons. The van der Waals surface area contributed by atoms with E-state index in [-0.39, 0.29) is 0 Å². The third-order valence-electron chi connectivity index (χ3n) is 2.33. The quantitative estimate of drug-likeness (QED) is 0.602. The van der Waals surface area contributed by atoms with Crippen molar-refractivity contribution < 1.29 is 0 Å². The minimum Gasteiger partial charge on any atom is -0.165 e. The van der Waals surface area contributed by atoms with Gasteiger partial charge in [-0.15, -0.1) is 11.8 Å². The average molecular weight is 249 g/mol. The molecule has 1 unspecified atom stereocenters. The van der Waals surface area contributed by atoms with Crippen molar-refractivity contribution in [1.82, 2.24) is 0 Å². The lowest BCUT2D eigenvalue weighted by atomic mass is 10.5. The molecule has 0 amide bonds. The second kappa shape index (κ2) is 7.02. The van der Waals surface area contributed by atoms with E-state index in [2.05, 4.69) is 51.2 Å². The molecule has 0 aromatic rings. The van der Waals surface area contributed by atoms with E-state index in [9.17, 15) is 0 Å². The lowest BCUT2D eigenvalue weighted by Gasteiger charge is -2.27. The third kappa shape index (κ3) is 6.20. The Labute approximate surface area is 99.3 Å². The third-order valence-corrected chi connectivity index (χ3v) is 9.32. The van der Waals surface area contributed by atoms with E-state index in [4.69, 9.17) is 0 Å². The Hall–Kier alpha value is 0.657. The van der Waals surface area contributed by atoms with Gasteiger partial charge in [0, 0.05) is 0 Å². The summed E-state index contributed by atoms with van der Waals surface area (Å²) >= 11 is 4.01. The zero-order valence-corrected chi connectivity index (χ0v) is 12.9. The number of rotatable bonds is 7. The second-order valence-electron chi connectivity index (χ2n) is 4.62. The second-order valence-corrected chi connectivity index (χ2v) is 12.8. The van der Waals surface area contributed by atoms with Crippen molar-refractivity contribution >= 4 is 31.6 Å². The summed E-state index contributed by atoms with van der Waals surface area (Å²) in [5.74, 6) is 1.25. The zero-order chi connectivity index (χ0) is 11.2. The van der Waals surface area contributed by atoms with Crippen molar-refractivity contribution in [3.05, 3.63) is 11.5 Å². The smallest absolute Gasteiger partial charge is 0.0587 e. The molecule has 1 atom stereocenters. The van der Waals surface area contributed by atoms with E-state index in [1.54, 1.807) is 0 Å². The van der Waals surface area contributed by atoms with Crippen LogP contribution in [0.15, 0.2) is 11.5 Å². The van der Waals surface area contributed by atoms with Crippen LogP contribution in [0.3, 0.4) is 0 Å². The Morgan fingerprint density at radius 2 is 1.93 bits per heavy atom. The van der Waals surface area contributed by atoms with Gasteiger partial charge in [-0.3, -0.25) is 0 Å². The fourth-order valence-corrected chi connectivity index (χ4v) is 6.71. The molecule has 84 valence electrons. The summed E-state index contributed by atoms with van der Waals surface area (Å²) in [7, 11) is -0.949. The van der Waals surface area contributed by atoms with Crippen LogP contribution in [0.4, 0.5) is 0 Å². The standard InChI is InChI=1S/C11H24S2Si/c1-7-10(2)13-9-8-11(12-3)14(4,5)6/h11H,2,7-9H2,1,3-6H3. The van der Waals surface area contributed by atoms with Crippen LogP contribution in [0.5, 0.6) is 0 Å². The summed E-state index contributed by atoms with van der Waals surface area (Å²) in [6, 6.07) is 0. The highest BCUT2D eigenvalue weighted by atomic mass is 32.2. The molecule has 0 aliphatic carbocycles. The van der Waals surface area contributed by atoms with Crippen LogP contribution >= 0.6 is 23.5 Å². The van der Waals surface area contributed by atoms with E-state index in [0.717, 1.165) is 11.3 Å². The van der Waals surface area contributed by atoms with E-state index >= 15 is 0 Å². The first kappa shape index (κ1) is 14.7. The summed E-state index contributed by atoms with van der Waals surface area (Å²) in [5.41, 5.74) is 0. The van der Waals surface area contributed by atoms with Crippen LogP contribution in [0.2, 0.25) is 19.6 Å². The highest BCUT2D eigenvalue weighted by Crippen LogP contribution is 2.26. The van der Waals surface area contributed by atoms with Gasteiger partial charge in [-0.05, 0) is 34.6 Å². The maximum Gasteiger partial charge on any atom is 0.0587 e. The summed E-state index contributed by atoms with van der Waals surface area (Å²) in [5, 5.41) is 0. The predicted octanol–water partition coefficient (Wildman–Crippen LogP) is 4.64. The summed E-state index contributed by atoms with van der Waals surface area (Å²) in [4.78, 5) is 2.24. The van der Waals surface area contributed by atoms with Gasteiger partial charge < -0.3 is 0 Å². The average Bonchev–Trinajstić information content (AvgIpc) is 2.09. The van der Waals surface area contributed by atoms with Crippen molar-refractivity contribution in [3.8, 4) is 0 Å². The highest BCUT2D eigenvalue weighted by molar-refractivity contribution is 8.03. The van der Waals surface area contributed by atoms with Crippen LogP contribution in [-0.4, -0.2) is 25.0 Å². The molecular formula is C11H24S2Si. The number of allylic oxidation sites excluding steroid dienone is 1. The molecule has 0 fully saturated rings. The van der Waals surface area contributed by atoms with Crippen LogP contribution in [-0.2, 0) is 0 Å². The van der Waals surface area contributed by atoms with Gasteiger partial charge in [0.15, 0.2) is 0 Å². The zero-order valence-electron chi connectivity index (χ0n) is 10.2. The normalized spacial score (nSPS) is 14.1. The van der Waals surface area contributed by atoms with Gasteiger partial charge in [0.1, 0.15) is 0 Å². The molecule has 14 heavy (non-hydrogen) atoms. The van der Waals surface area contributed by atoms with Crippen LogP contribution in [0.1, 0.15) is 19.8 Å². The monoisotopic (exact) mass is 248 g/mol. The fourth-order valence-electron chi connectivity index (χ4n) is 1.32. The first-order valence-electron chi connectivity index (χ1n) is 5.25. The molecule has 0 bridgehead atoms. The summed E-state index contributed by atoms with van der Waals surface area (Å²) in [6.07, 6.45) is 4.71. The molecule has 0 aliphatic rings. The summed E-state index contributed by atoms with van der Waals surface area (Å²) < 4.78 is 0. The maximum atomic E-state index is 4.03. The van der Waals surface area contributed by atoms with Gasteiger partial charge >= 0.3 is 0 Å². The Morgan fingerprint density at radius 3 is 2.29 bits per heavy atom. The molecule has 0 aliphatic heterocycles. The molecule has 0 nitrogen and oxygen atoms in total. The molecule has 0 heterocycles. The molecule has 0 aromatic heterocycles. The van der Waals surface area contributed by atoms with E-state index in [1.807, 2.05) is 11.8 Å². The van der Waals surface area contributed by atoms with Gasteiger partial charge in [0.05, 0.1) is 8.07 Å². The van der Waals surface area contributed by atoms with Gasteiger partial charge in [0.25, 0.3) is 0 Å². The molecule has 0 spiro atoms. The number of thioether (sulfide) groups is 2. The van der Waals surface area contributed by atoms with Crippen molar-refractivity contribution in [2.24, 2.45) is 0 Å². The van der Waals surface area contributed by atoms with Crippen molar-refractivity contribution in [2.75, 3.05) is 12.0 Å². The van der Waals surface area contributed by atoms with E-state index in [1.165, 1.54) is 17.1 Å². The fraction of sp³-hybridized carbons (Fsp3) is 0.818. The Bertz CT molecular complexity index is 173. The van der Waals surface area contributed by atoms with E-state index in [0.29, 0.717) is 0 Å². The van der Waals surface area contributed by atoms with Crippen LogP contribution in [0, 0.1) is 0 Å². The Morgan fingerprint density at radius 1 is 1.36 bits per heavy atom. The lowest BCUT2D eigenvalue weighted by molar-refractivity contribution is 1.02. The van der Waals surface area contributed by atoms with Crippen molar-refractivity contribution in [3.63, 3.8) is 0 Å². The number of hydrogen-bond acceptors (Lipinski definition) is 2. The Kier molecular flexibility index (Phi) is 7.35. The van der Waals surface area contributed by atoms with Crippen LogP contribution in [0.25, 0.3) is 0 Å². The first-order valence-corrected chi connectivity index (χ1v) is 11.1. The molecule has 0 saturated heterocycles. The van der Waals surface area contributed by atoms with Crippen LogP contribution < -0.4 is 0 Å². The molecule has 0 rings (SSSR count). The topological polar surface area (TPSA) is 0 Å². The van der Waals surface area contributed by atoms with Crippen molar-refractivity contribution in [1.29, 1.82) is 0 Å². The van der Waals surface area contributed by atoms with Gasteiger partial charge in [-0.1, -0.05) is 33.1 Å². The molecule has 0 N–H and O–H groups in total. The maximum absolute atomic E-state index is 4.03. The molecular weight excluding hydrogens is 224 g/mol. The molecule has 0 saturated carbocycles. The Balaban J connectivity index is 3.80. The van der Waals surface area contributed by atoms with Gasteiger partial charge in [0.2, 0.25) is 0 Å². The largest absolute Gasteiger partial charge is 0.165 e. The minimum absolute atomic E-state index is 0.902. The van der Waals surface area contributed by atoms with Gasteiger partial charge in [-0.2, -0.15) is 11.8 Å². The predicted molar refractivity (Wildman–Crippen MR) is 77.2 cm³/mol. The highest BCUT2D eigenvalue weighted by Gasteiger charge is 2.25. The van der Waals surface area contributed by atoms with E-state index < -0.39 is 8.07 Å². The SMILES string of the molecule is C=C(CC)SCCC(SC)[Si](C)(C)C. The molecule has 3 heteroatoms. The minimum atomic E-state index is -0.949. The van der Waals surface area contributed by atoms with Crippen molar-refractivity contribution in [2.45, 2.75) is 44.3 Å². The first-order chi connectivity index (χ1) is 6.41. The molecule has 0 aromatic carbocycles.